The fourth-order valence-electron chi connectivity index (χ4n) is 1.79. The van der Waals surface area contributed by atoms with E-state index >= 15 is 0 Å². The molecule has 18 heavy (non-hydrogen) atoms. The lowest BCUT2D eigenvalue weighted by atomic mass is 10.1. The summed E-state index contributed by atoms with van der Waals surface area (Å²) in [6.07, 6.45) is 4.65. The minimum atomic E-state index is 0.765. The van der Waals surface area contributed by atoms with Crippen LogP contribution in [-0.4, -0.2) is 36.8 Å². The molecular weight excluding hydrogens is 228 g/mol. The molecule has 0 saturated carbocycles. The van der Waals surface area contributed by atoms with Crippen LogP contribution in [0.15, 0.2) is 6.33 Å². The standard InChI is InChI=1S/C13H24N4O/c1-4-7-11-12(14-5-2)16-10-17-13(11)15-8-6-9-18-3/h10H,4-9H2,1-3H3,(H2,14,15,16,17). The third-order valence-corrected chi connectivity index (χ3v) is 2.61. The zero-order valence-electron chi connectivity index (χ0n) is 11.6. The molecule has 0 aliphatic rings. The normalized spacial score (nSPS) is 10.4. The van der Waals surface area contributed by atoms with Crippen LogP contribution in [0.25, 0.3) is 0 Å². The quantitative estimate of drug-likeness (QED) is 0.660. The maximum atomic E-state index is 5.03. The number of aromatic nitrogens is 2. The highest BCUT2D eigenvalue weighted by Crippen LogP contribution is 2.21. The second kappa shape index (κ2) is 8.69. The first kappa shape index (κ1) is 14.7. The Kier molecular flexibility index (Phi) is 7.10. The summed E-state index contributed by atoms with van der Waals surface area (Å²) in [5, 5.41) is 6.65. The molecule has 0 unspecified atom stereocenters. The Labute approximate surface area is 109 Å². The molecule has 2 N–H and O–H groups in total. The second-order valence-corrected chi connectivity index (χ2v) is 4.10. The highest BCUT2D eigenvalue weighted by molar-refractivity contribution is 5.57. The summed E-state index contributed by atoms with van der Waals surface area (Å²) in [7, 11) is 1.72. The van der Waals surface area contributed by atoms with E-state index in [1.54, 1.807) is 13.4 Å². The Bertz CT molecular complexity index is 344. The summed E-state index contributed by atoms with van der Waals surface area (Å²) < 4.78 is 5.03. The van der Waals surface area contributed by atoms with E-state index in [-0.39, 0.29) is 0 Å². The Morgan fingerprint density at radius 3 is 2.50 bits per heavy atom. The van der Waals surface area contributed by atoms with Gasteiger partial charge >= 0.3 is 0 Å². The van der Waals surface area contributed by atoms with Gasteiger partial charge in [-0.15, -0.1) is 0 Å². The van der Waals surface area contributed by atoms with E-state index in [1.165, 1.54) is 5.56 Å². The molecule has 102 valence electrons. The van der Waals surface area contributed by atoms with Gasteiger partial charge in [0.2, 0.25) is 0 Å². The molecule has 1 heterocycles. The first-order valence-corrected chi connectivity index (χ1v) is 6.64. The molecule has 0 aliphatic carbocycles. The lowest BCUT2D eigenvalue weighted by Gasteiger charge is -2.14. The molecule has 1 rings (SSSR count). The van der Waals surface area contributed by atoms with Gasteiger partial charge in [-0.2, -0.15) is 0 Å². The minimum Gasteiger partial charge on any atom is -0.385 e. The van der Waals surface area contributed by atoms with Crippen molar-refractivity contribution in [3.05, 3.63) is 11.9 Å². The molecule has 0 amide bonds. The van der Waals surface area contributed by atoms with Gasteiger partial charge in [0.1, 0.15) is 18.0 Å². The van der Waals surface area contributed by atoms with Crippen molar-refractivity contribution in [3.8, 4) is 0 Å². The number of anilines is 2. The third-order valence-electron chi connectivity index (χ3n) is 2.61. The van der Waals surface area contributed by atoms with Gasteiger partial charge in [-0.1, -0.05) is 13.3 Å². The summed E-state index contributed by atoms with van der Waals surface area (Å²) in [5.74, 6) is 1.89. The molecule has 0 fully saturated rings. The maximum absolute atomic E-state index is 5.03. The lowest BCUT2D eigenvalue weighted by molar-refractivity contribution is 0.197. The van der Waals surface area contributed by atoms with E-state index in [9.17, 15) is 0 Å². The maximum Gasteiger partial charge on any atom is 0.134 e. The number of nitrogens with one attached hydrogen (secondary N) is 2. The van der Waals surface area contributed by atoms with Gasteiger partial charge in [0.15, 0.2) is 0 Å². The highest BCUT2D eigenvalue weighted by Gasteiger charge is 2.09. The molecule has 0 atom stereocenters. The Hall–Kier alpha value is -1.36. The van der Waals surface area contributed by atoms with Crippen molar-refractivity contribution in [1.29, 1.82) is 0 Å². The molecule has 0 spiro atoms. The Morgan fingerprint density at radius 1 is 1.17 bits per heavy atom. The Morgan fingerprint density at radius 2 is 1.89 bits per heavy atom. The van der Waals surface area contributed by atoms with E-state index in [1.807, 2.05) is 0 Å². The molecule has 0 radical (unpaired) electrons. The van der Waals surface area contributed by atoms with Gasteiger partial charge in [0, 0.05) is 32.4 Å². The van der Waals surface area contributed by atoms with Gasteiger partial charge in [0.25, 0.3) is 0 Å². The van der Waals surface area contributed by atoms with Gasteiger partial charge in [0.05, 0.1) is 0 Å². The van der Waals surface area contributed by atoms with E-state index in [2.05, 4.69) is 34.4 Å². The molecule has 5 heteroatoms. The van der Waals surface area contributed by atoms with Crippen LogP contribution in [0.2, 0.25) is 0 Å². The van der Waals surface area contributed by atoms with Gasteiger partial charge in [-0.3, -0.25) is 0 Å². The summed E-state index contributed by atoms with van der Waals surface area (Å²) in [6, 6.07) is 0. The zero-order chi connectivity index (χ0) is 13.2. The second-order valence-electron chi connectivity index (χ2n) is 4.10. The molecule has 0 bridgehead atoms. The van der Waals surface area contributed by atoms with Crippen LogP contribution in [0.1, 0.15) is 32.3 Å². The van der Waals surface area contributed by atoms with Gasteiger partial charge in [-0.05, 0) is 19.8 Å². The van der Waals surface area contributed by atoms with Crippen LogP contribution < -0.4 is 10.6 Å². The third kappa shape index (κ3) is 4.49. The summed E-state index contributed by atoms with van der Waals surface area (Å²) in [6.45, 7) is 6.74. The van der Waals surface area contributed by atoms with Crippen molar-refractivity contribution in [2.75, 3.05) is 37.4 Å². The van der Waals surface area contributed by atoms with Gasteiger partial charge in [-0.25, -0.2) is 9.97 Å². The molecule has 0 aromatic carbocycles. The average Bonchev–Trinajstić information content (AvgIpc) is 2.38. The average molecular weight is 252 g/mol. The van der Waals surface area contributed by atoms with Crippen molar-refractivity contribution >= 4 is 11.6 Å². The van der Waals surface area contributed by atoms with Crippen LogP contribution >= 0.6 is 0 Å². The Balaban J connectivity index is 2.71. The number of hydrogen-bond acceptors (Lipinski definition) is 5. The van der Waals surface area contributed by atoms with Crippen LogP contribution in [0.3, 0.4) is 0 Å². The van der Waals surface area contributed by atoms with Crippen molar-refractivity contribution in [2.45, 2.75) is 33.1 Å². The molecular formula is C13H24N4O. The summed E-state index contributed by atoms with van der Waals surface area (Å²) >= 11 is 0. The topological polar surface area (TPSA) is 59.1 Å². The number of rotatable bonds is 9. The van der Waals surface area contributed by atoms with Crippen molar-refractivity contribution in [3.63, 3.8) is 0 Å². The van der Waals surface area contributed by atoms with Crippen molar-refractivity contribution in [1.82, 2.24) is 9.97 Å². The highest BCUT2D eigenvalue weighted by atomic mass is 16.5. The molecule has 1 aromatic rings. The number of hydrogen-bond donors (Lipinski definition) is 2. The monoisotopic (exact) mass is 252 g/mol. The molecule has 1 aromatic heterocycles. The molecule has 5 nitrogen and oxygen atoms in total. The molecule has 0 aliphatic heterocycles. The van der Waals surface area contributed by atoms with E-state index in [0.717, 1.165) is 50.6 Å². The zero-order valence-corrected chi connectivity index (χ0v) is 11.6. The fourth-order valence-corrected chi connectivity index (χ4v) is 1.79. The van der Waals surface area contributed by atoms with E-state index in [4.69, 9.17) is 4.74 Å². The van der Waals surface area contributed by atoms with E-state index in [0.29, 0.717) is 0 Å². The number of ether oxygens (including phenoxy) is 1. The van der Waals surface area contributed by atoms with Crippen LogP contribution in [-0.2, 0) is 11.2 Å². The fraction of sp³-hybridized carbons (Fsp3) is 0.692. The first-order chi connectivity index (χ1) is 8.83. The molecule has 0 saturated heterocycles. The lowest BCUT2D eigenvalue weighted by Crippen LogP contribution is -2.12. The SMILES string of the molecule is CCCc1c(NCC)ncnc1NCCCOC. The van der Waals surface area contributed by atoms with Crippen LogP contribution in [0.5, 0.6) is 0 Å². The van der Waals surface area contributed by atoms with Crippen molar-refractivity contribution in [2.24, 2.45) is 0 Å². The predicted octanol–water partition coefficient (Wildman–Crippen LogP) is 2.31. The van der Waals surface area contributed by atoms with E-state index < -0.39 is 0 Å². The first-order valence-electron chi connectivity index (χ1n) is 6.64. The van der Waals surface area contributed by atoms with Crippen LogP contribution in [0.4, 0.5) is 11.6 Å². The summed E-state index contributed by atoms with van der Waals surface area (Å²) in [4.78, 5) is 8.64. The largest absolute Gasteiger partial charge is 0.385 e. The van der Waals surface area contributed by atoms with Crippen molar-refractivity contribution < 1.29 is 4.74 Å². The predicted molar refractivity (Wildman–Crippen MR) is 75.2 cm³/mol. The van der Waals surface area contributed by atoms with Crippen LogP contribution in [0, 0.1) is 0 Å². The number of methoxy groups -OCH3 is 1. The van der Waals surface area contributed by atoms with Gasteiger partial charge < -0.3 is 15.4 Å². The smallest absolute Gasteiger partial charge is 0.134 e. The summed E-state index contributed by atoms with van der Waals surface area (Å²) in [5.41, 5.74) is 1.18. The minimum absolute atomic E-state index is 0.765. The number of nitrogens with zero attached hydrogens (tertiary/aromatic N) is 2.